The maximum Gasteiger partial charge on any atom is 0.227 e. The summed E-state index contributed by atoms with van der Waals surface area (Å²) < 4.78 is 0.891. The number of benzene rings is 4. The number of pyridine rings is 2. The van der Waals surface area contributed by atoms with E-state index in [0.29, 0.717) is 75.7 Å². The van der Waals surface area contributed by atoms with Crippen LogP contribution >= 0.6 is 120 Å². The van der Waals surface area contributed by atoms with Gasteiger partial charge in [-0.1, -0.05) is 160 Å². The number of thiazole rings is 3. The van der Waals surface area contributed by atoms with Crippen molar-refractivity contribution in [3.63, 3.8) is 0 Å². The van der Waals surface area contributed by atoms with Crippen LogP contribution in [0.4, 0.5) is 39.0 Å². The zero-order valence-corrected chi connectivity index (χ0v) is 50.4. The van der Waals surface area contributed by atoms with E-state index in [1.807, 2.05) is 54.6 Å². The third-order valence-electron chi connectivity index (χ3n) is 10.6. The monoisotopic (exact) mass is 1260 g/mol. The normalized spacial score (nSPS) is 10.6. The van der Waals surface area contributed by atoms with Crippen molar-refractivity contribution in [1.82, 2.24) is 24.9 Å². The first-order valence-corrected chi connectivity index (χ1v) is 28.6. The molecule has 7 N–H and O–H groups in total. The Hall–Kier alpha value is -5.86. The predicted octanol–water partition coefficient (Wildman–Crippen LogP) is 20.4. The standard InChI is InChI=1S/C19H15Cl2N3S.C18H17Cl2N5S.C12H10BrCl2NS.C6H5N3/c1-11(2)18-17(12-8-9-13(20)14(21)10-12)24-19(25-18)23-16-7-5-4-6-15(16)22-3;1-9(2)15-14(10-5-6-12(19)13(20)8-10)24-18(26-15)25-17-11(16(21)22)4-3-7-23-17;1-6(2)11-10(16-12(13)17-11)7-3-4-8(14)9(15)5-7;1-8-5-3-2-4-9-6(5)7/h4-11H,1-2H3,(H,23,24);3-9H,1-2H3,(H3,21,22)(H,23,24,25);3-6H,1-2H3;2-4H,(H2,7,9). The fourth-order valence-electron chi connectivity index (χ4n) is 6.92. The maximum atomic E-state index is 7.69. The van der Waals surface area contributed by atoms with Crippen molar-refractivity contribution in [3.05, 3.63) is 193 Å². The van der Waals surface area contributed by atoms with Gasteiger partial charge in [0.2, 0.25) is 11.4 Å². The molecule has 5 aromatic heterocycles. The highest BCUT2D eigenvalue weighted by atomic mass is 79.9. The molecule has 0 aliphatic carbocycles. The van der Waals surface area contributed by atoms with Crippen LogP contribution in [0.15, 0.2) is 119 Å². The van der Waals surface area contributed by atoms with Crippen molar-refractivity contribution in [2.75, 3.05) is 16.4 Å². The minimum absolute atomic E-state index is 0.0501. The van der Waals surface area contributed by atoms with E-state index in [1.165, 1.54) is 16.2 Å². The molecule has 0 fully saturated rings. The second-order valence-corrected chi connectivity index (χ2v) is 24.0. The number of anilines is 5. The smallest absolute Gasteiger partial charge is 0.227 e. The quantitative estimate of drug-likeness (QED) is 0.0480. The lowest BCUT2D eigenvalue weighted by atomic mass is 10.1. The molecule has 0 saturated carbocycles. The first-order chi connectivity index (χ1) is 36.7. The Morgan fingerprint density at radius 1 is 0.558 bits per heavy atom. The average Bonchev–Trinajstić information content (AvgIpc) is 4.16. The Morgan fingerprint density at radius 2 is 0.987 bits per heavy atom. The molecule has 0 radical (unpaired) electrons. The van der Waals surface area contributed by atoms with Crippen LogP contribution in [-0.4, -0.2) is 30.8 Å². The molecule has 0 aliphatic rings. The Bertz CT molecular complexity index is 3620. The zero-order valence-electron chi connectivity index (χ0n) is 41.9. The van der Waals surface area contributed by atoms with Gasteiger partial charge >= 0.3 is 0 Å². The summed E-state index contributed by atoms with van der Waals surface area (Å²) >= 11 is 44.6. The fourth-order valence-corrected chi connectivity index (χ4v) is 11.3. The first kappa shape index (κ1) is 60.4. The van der Waals surface area contributed by atoms with E-state index in [2.05, 4.69) is 92.7 Å². The van der Waals surface area contributed by atoms with E-state index in [0.717, 1.165) is 58.3 Å². The molecule has 5 heterocycles. The van der Waals surface area contributed by atoms with Crippen LogP contribution in [0.25, 0.3) is 43.5 Å². The summed E-state index contributed by atoms with van der Waals surface area (Å²) in [5, 5.41) is 18.7. The number of hydrogen-bond acceptors (Lipinski definition) is 12. The van der Waals surface area contributed by atoms with Gasteiger partial charge in [0.05, 0.1) is 65.9 Å². The van der Waals surface area contributed by atoms with E-state index >= 15 is 0 Å². The highest BCUT2D eigenvalue weighted by Crippen LogP contribution is 2.42. The third-order valence-corrected chi connectivity index (χ3v) is 17.2. The van der Waals surface area contributed by atoms with E-state index in [9.17, 15) is 0 Å². The molecular weight excluding hydrogens is 1220 g/mol. The largest absolute Gasteiger partial charge is 0.392 e. The molecule has 12 nitrogen and oxygen atoms in total. The fraction of sp³-hybridized carbons (Fsp3) is 0.164. The maximum absolute atomic E-state index is 7.69. The van der Waals surface area contributed by atoms with Crippen LogP contribution < -0.4 is 22.1 Å². The van der Waals surface area contributed by atoms with Gasteiger partial charge in [0, 0.05) is 49.4 Å². The van der Waals surface area contributed by atoms with Gasteiger partial charge in [-0.3, -0.25) is 10.4 Å². The van der Waals surface area contributed by atoms with E-state index in [4.69, 9.17) is 110 Å². The predicted molar refractivity (Wildman–Crippen MR) is 332 cm³/mol. The lowest BCUT2D eigenvalue weighted by molar-refractivity contribution is 0.888. The molecule has 22 heteroatoms. The van der Waals surface area contributed by atoms with Gasteiger partial charge in [-0.15, -0.1) is 34.0 Å². The number of hydrogen-bond donors (Lipinski definition) is 5. The Morgan fingerprint density at radius 3 is 1.43 bits per heavy atom. The number of rotatable bonds is 11. The summed E-state index contributed by atoms with van der Waals surface area (Å²) in [4.78, 5) is 32.2. The van der Waals surface area contributed by atoms with Crippen molar-refractivity contribution in [3.8, 4) is 33.8 Å². The van der Waals surface area contributed by atoms with Crippen molar-refractivity contribution >= 4 is 164 Å². The minimum atomic E-state index is -0.0501. The number of nitrogen functional groups attached to an aromatic ring is 2. The summed E-state index contributed by atoms with van der Waals surface area (Å²) in [5.74, 6) is 1.78. The van der Waals surface area contributed by atoms with Crippen LogP contribution in [0.2, 0.25) is 30.1 Å². The SMILES string of the molecule is CC(C)c1sc(Br)nc1-c1ccc(Cl)c(Cl)c1.CC(C)c1sc(Nc2ncccc2C(=N)N)nc1-c1ccc(Cl)c(Cl)c1.[C-]#[N+]c1ccccc1Nc1nc(-c2ccc(Cl)c(Cl)c2)c(C(C)C)s1.[C-]#[N+]c1cccnc1N. The molecule has 0 spiro atoms. The van der Waals surface area contributed by atoms with E-state index < -0.39 is 0 Å². The molecule has 0 unspecified atom stereocenters. The Labute approximate surface area is 498 Å². The zero-order chi connectivity index (χ0) is 56.1. The lowest BCUT2D eigenvalue weighted by Crippen LogP contribution is -2.14. The second-order valence-electron chi connectivity index (χ2n) is 17.2. The molecule has 394 valence electrons. The topological polar surface area (TPSA) is 173 Å². The first-order valence-electron chi connectivity index (χ1n) is 23.1. The van der Waals surface area contributed by atoms with Gasteiger partial charge < -0.3 is 22.1 Å². The molecule has 0 bridgehead atoms. The number of nitrogens with two attached hydrogens (primary N) is 2. The number of nitrogens with zero attached hydrogens (tertiary/aromatic N) is 7. The molecule has 9 aromatic rings. The van der Waals surface area contributed by atoms with E-state index in [1.54, 1.807) is 83.6 Å². The van der Waals surface area contributed by atoms with Crippen LogP contribution in [0.1, 0.15) is 79.5 Å². The molecular formula is C55H47BrCl6N12S3. The summed E-state index contributed by atoms with van der Waals surface area (Å²) in [5.41, 5.74) is 18.8. The van der Waals surface area contributed by atoms with Crippen LogP contribution in [0.3, 0.4) is 0 Å². The second kappa shape index (κ2) is 28.1. The number of para-hydroxylation sites is 2. The van der Waals surface area contributed by atoms with Crippen LogP contribution in [0.5, 0.6) is 0 Å². The van der Waals surface area contributed by atoms with Gasteiger partial charge in [0.15, 0.2) is 14.2 Å². The summed E-state index contributed by atoms with van der Waals surface area (Å²) in [6, 6.07) is 30.8. The van der Waals surface area contributed by atoms with Crippen molar-refractivity contribution in [1.29, 1.82) is 5.41 Å². The molecule has 0 aliphatic heterocycles. The summed E-state index contributed by atoms with van der Waals surface area (Å²) in [6.07, 6.45) is 3.20. The Balaban J connectivity index is 0.000000176. The van der Waals surface area contributed by atoms with Gasteiger partial charge in [0.25, 0.3) is 0 Å². The molecule has 9 rings (SSSR count). The van der Waals surface area contributed by atoms with Crippen LogP contribution in [0, 0.1) is 18.6 Å². The van der Waals surface area contributed by atoms with Gasteiger partial charge in [-0.2, -0.15) is 0 Å². The molecule has 0 saturated heterocycles. The van der Waals surface area contributed by atoms with E-state index in [-0.39, 0.29) is 11.8 Å². The van der Waals surface area contributed by atoms with Gasteiger partial charge in [0.1, 0.15) is 17.5 Å². The minimum Gasteiger partial charge on any atom is -0.392 e. The van der Waals surface area contributed by atoms with Crippen LogP contribution in [-0.2, 0) is 0 Å². The summed E-state index contributed by atoms with van der Waals surface area (Å²) in [7, 11) is 0. The van der Waals surface area contributed by atoms with Crippen molar-refractivity contribution in [2.24, 2.45) is 5.73 Å². The molecule has 0 atom stereocenters. The number of amidine groups is 1. The number of nitrogens with one attached hydrogen (secondary N) is 3. The molecule has 77 heavy (non-hydrogen) atoms. The molecule has 0 amide bonds. The number of aromatic nitrogens is 5. The Kier molecular flexibility index (Phi) is 22.1. The number of halogens is 7. The highest BCUT2D eigenvalue weighted by Gasteiger charge is 2.20. The lowest BCUT2D eigenvalue weighted by Gasteiger charge is -2.06. The van der Waals surface area contributed by atoms with Gasteiger partial charge in [-0.25, -0.2) is 29.6 Å². The van der Waals surface area contributed by atoms with Crippen molar-refractivity contribution < 1.29 is 0 Å². The highest BCUT2D eigenvalue weighted by molar-refractivity contribution is 9.11. The summed E-state index contributed by atoms with van der Waals surface area (Å²) in [6.45, 7) is 26.7. The van der Waals surface area contributed by atoms with Crippen molar-refractivity contribution in [2.45, 2.75) is 59.3 Å². The average molecular weight is 1260 g/mol. The molecule has 4 aromatic carbocycles. The van der Waals surface area contributed by atoms with Gasteiger partial charge in [-0.05, 0) is 88.3 Å². The third kappa shape index (κ3) is 16.1.